The van der Waals surface area contributed by atoms with E-state index >= 15 is 0 Å². The molecule has 0 radical (unpaired) electrons. The maximum absolute atomic E-state index is 12.6. The Hall–Kier alpha value is -3.68. The Morgan fingerprint density at radius 3 is 2.75 bits per heavy atom. The molecule has 0 aliphatic heterocycles. The number of aromatic hydroxyl groups is 1. The molecule has 0 saturated heterocycles. The highest BCUT2D eigenvalue weighted by Crippen LogP contribution is 2.21. The van der Waals surface area contributed by atoms with Gasteiger partial charge in [0.2, 0.25) is 0 Å². The molecular weight excluding hydrogens is 360 g/mol. The molecule has 0 fully saturated rings. The minimum Gasteiger partial charge on any atom is -0.507 e. The van der Waals surface area contributed by atoms with E-state index in [1.165, 1.54) is 24.1 Å². The van der Waals surface area contributed by atoms with E-state index < -0.39 is 5.91 Å². The third kappa shape index (κ3) is 3.85. The van der Waals surface area contributed by atoms with Gasteiger partial charge >= 0.3 is 0 Å². The van der Waals surface area contributed by atoms with Crippen molar-refractivity contribution in [3.05, 3.63) is 64.1 Å². The summed E-state index contributed by atoms with van der Waals surface area (Å²) in [6, 6.07) is 11.5. The highest BCUT2D eigenvalue weighted by molar-refractivity contribution is 6.05. The van der Waals surface area contributed by atoms with Gasteiger partial charge in [-0.05, 0) is 30.7 Å². The zero-order valence-corrected chi connectivity index (χ0v) is 15.5. The van der Waals surface area contributed by atoms with Crippen LogP contribution >= 0.6 is 0 Å². The third-order valence-electron chi connectivity index (χ3n) is 4.12. The molecule has 0 bridgehead atoms. The predicted octanol–water partition coefficient (Wildman–Crippen LogP) is 2.28. The quantitative estimate of drug-likeness (QED) is 0.504. The summed E-state index contributed by atoms with van der Waals surface area (Å²) in [6.45, 7) is 2.33. The number of aryl methyl sites for hydroxylation is 1. The first-order valence-electron chi connectivity index (χ1n) is 8.75. The van der Waals surface area contributed by atoms with Crippen LogP contribution in [0.4, 0.5) is 0 Å². The Balaban J connectivity index is 1.92. The average molecular weight is 380 g/mol. The zero-order chi connectivity index (χ0) is 20.1. The molecule has 0 aliphatic carbocycles. The first kappa shape index (κ1) is 19.1. The minimum atomic E-state index is -0.556. The number of carbonyl (C=O) groups excluding carboxylic acids is 1. The number of amides is 1. The van der Waals surface area contributed by atoms with Crippen LogP contribution in [0, 0.1) is 0 Å². The number of phenols is 1. The standard InChI is InChI=1S/C20H20N4O4/c1-3-10-24-20(27)16-7-5-4-6-15(16)18(23-24)19(26)22-21-12-13-11-14(28-2)8-9-17(13)25/h4-9,11-12,25H,3,10H2,1-2H3,(H,22,26)/b21-12+. The molecule has 28 heavy (non-hydrogen) atoms. The summed E-state index contributed by atoms with van der Waals surface area (Å²) in [5, 5.41) is 18.8. The fraction of sp³-hybridized carbons (Fsp3) is 0.200. The van der Waals surface area contributed by atoms with E-state index in [1.54, 1.807) is 36.4 Å². The van der Waals surface area contributed by atoms with Gasteiger partial charge in [-0.1, -0.05) is 25.1 Å². The molecular formula is C20H20N4O4. The Morgan fingerprint density at radius 1 is 1.29 bits per heavy atom. The number of hydrogen-bond acceptors (Lipinski definition) is 6. The van der Waals surface area contributed by atoms with Crippen LogP contribution in [0.3, 0.4) is 0 Å². The van der Waals surface area contributed by atoms with Crippen LogP contribution in [0.5, 0.6) is 11.5 Å². The molecule has 0 spiro atoms. The molecule has 0 aliphatic rings. The zero-order valence-electron chi connectivity index (χ0n) is 15.5. The summed E-state index contributed by atoms with van der Waals surface area (Å²) in [5.41, 5.74) is 2.65. The predicted molar refractivity (Wildman–Crippen MR) is 106 cm³/mol. The lowest BCUT2D eigenvalue weighted by molar-refractivity contribution is 0.0949. The fourth-order valence-corrected chi connectivity index (χ4v) is 2.74. The summed E-state index contributed by atoms with van der Waals surface area (Å²) >= 11 is 0. The van der Waals surface area contributed by atoms with Gasteiger partial charge in [0.05, 0.1) is 18.7 Å². The van der Waals surface area contributed by atoms with Crippen molar-refractivity contribution in [1.82, 2.24) is 15.2 Å². The molecule has 1 heterocycles. The molecule has 1 aromatic heterocycles. The van der Waals surface area contributed by atoms with Crippen molar-refractivity contribution in [2.75, 3.05) is 7.11 Å². The molecule has 0 saturated carbocycles. The van der Waals surface area contributed by atoms with Gasteiger partial charge in [0.15, 0.2) is 5.69 Å². The second-order valence-electron chi connectivity index (χ2n) is 6.05. The lowest BCUT2D eigenvalue weighted by Gasteiger charge is -2.09. The summed E-state index contributed by atoms with van der Waals surface area (Å²) in [7, 11) is 1.51. The number of rotatable bonds is 6. The van der Waals surface area contributed by atoms with Crippen molar-refractivity contribution in [3.63, 3.8) is 0 Å². The Kier molecular flexibility index (Phi) is 5.69. The van der Waals surface area contributed by atoms with Crippen molar-refractivity contribution < 1.29 is 14.6 Å². The number of fused-ring (bicyclic) bond motifs is 1. The highest BCUT2D eigenvalue weighted by Gasteiger charge is 2.16. The Labute approximate surface area is 161 Å². The van der Waals surface area contributed by atoms with Gasteiger partial charge in [0.1, 0.15) is 11.5 Å². The molecule has 1 amide bonds. The van der Waals surface area contributed by atoms with Gasteiger partial charge in [-0.15, -0.1) is 0 Å². The molecule has 8 nitrogen and oxygen atoms in total. The number of hydrogen-bond donors (Lipinski definition) is 2. The summed E-state index contributed by atoms with van der Waals surface area (Å²) < 4.78 is 6.39. The molecule has 2 N–H and O–H groups in total. The van der Waals surface area contributed by atoms with Crippen molar-refractivity contribution in [2.45, 2.75) is 19.9 Å². The van der Waals surface area contributed by atoms with Crippen LogP contribution in [0.1, 0.15) is 29.4 Å². The van der Waals surface area contributed by atoms with Gasteiger partial charge in [-0.2, -0.15) is 10.2 Å². The van der Waals surface area contributed by atoms with Gasteiger partial charge in [-0.3, -0.25) is 9.59 Å². The number of methoxy groups -OCH3 is 1. The van der Waals surface area contributed by atoms with Crippen LogP contribution in [-0.4, -0.2) is 34.1 Å². The van der Waals surface area contributed by atoms with Crippen molar-refractivity contribution in [2.24, 2.45) is 5.10 Å². The van der Waals surface area contributed by atoms with Gasteiger partial charge in [0, 0.05) is 17.5 Å². The smallest absolute Gasteiger partial charge is 0.292 e. The molecule has 3 rings (SSSR count). The van der Waals surface area contributed by atoms with Crippen molar-refractivity contribution in [1.29, 1.82) is 0 Å². The Morgan fingerprint density at radius 2 is 2.04 bits per heavy atom. The number of nitrogens with zero attached hydrogens (tertiary/aromatic N) is 3. The number of phenolic OH excluding ortho intramolecular Hbond substituents is 1. The van der Waals surface area contributed by atoms with E-state index in [0.717, 1.165) is 0 Å². The molecule has 2 aromatic carbocycles. The molecule has 3 aromatic rings. The largest absolute Gasteiger partial charge is 0.507 e. The van der Waals surface area contributed by atoms with Gasteiger partial charge < -0.3 is 9.84 Å². The van der Waals surface area contributed by atoms with Crippen LogP contribution < -0.4 is 15.7 Å². The first-order chi connectivity index (χ1) is 13.5. The molecule has 8 heteroatoms. The van der Waals surface area contributed by atoms with E-state index in [2.05, 4.69) is 15.6 Å². The summed E-state index contributed by atoms with van der Waals surface area (Å²) in [6.07, 6.45) is 2.01. The van der Waals surface area contributed by atoms with E-state index in [-0.39, 0.29) is 17.0 Å². The minimum absolute atomic E-state index is 0.00105. The van der Waals surface area contributed by atoms with E-state index in [9.17, 15) is 14.7 Å². The average Bonchev–Trinajstić information content (AvgIpc) is 2.71. The topological polar surface area (TPSA) is 106 Å². The highest BCUT2D eigenvalue weighted by atomic mass is 16.5. The number of aromatic nitrogens is 2. The van der Waals surface area contributed by atoms with E-state index in [4.69, 9.17) is 4.74 Å². The van der Waals surface area contributed by atoms with Crippen LogP contribution in [0.2, 0.25) is 0 Å². The monoisotopic (exact) mass is 380 g/mol. The number of carbonyl (C=O) groups is 1. The maximum Gasteiger partial charge on any atom is 0.292 e. The molecule has 0 atom stereocenters. The second kappa shape index (κ2) is 8.34. The third-order valence-corrected chi connectivity index (χ3v) is 4.12. The van der Waals surface area contributed by atoms with Crippen LogP contribution in [-0.2, 0) is 6.54 Å². The summed E-state index contributed by atoms with van der Waals surface area (Å²) in [4.78, 5) is 25.1. The van der Waals surface area contributed by atoms with Gasteiger partial charge in [0.25, 0.3) is 11.5 Å². The second-order valence-corrected chi connectivity index (χ2v) is 6.05. The van der Waals surface area contributed by atoms with Crippen molar-refractivity contribution in [3.8, 4) is 11.5 Å². The SMILES string of the molecule is CCCn1nc(C(=O)N/N=C/c2cc(OC)ccc2O)c2ccccc2c1=O. The van der Waals surface area contributed by atoms with E-state index in [1.807, 2.05) is 6.92 Å². The number of benzene rings is 2. The maximum atomic E-state index is 12.6. The molecule has 144 valence electrons. The van der Waals surface area contributed by atoms with Crippen LogP contribution in [0.25, 0.3) is 10.8 Å². The Bertz CT molecular complexity index is 1110. The lowest BCUT2D eigenvalue weighted by atomic mass is 10.1. The normalized spacial score (nSPS) is 11.1. The fourth-order valence-electron chi connectivity index (χ4n) is 2.74. The summed E-state index contributed by atoms with van der Waals surface area (Å²) in [5.74, 6) is -0.0107. The number of hydrazone groups is 1. The number of ether oxygens (including phenoxy) is 1. The van der Waals surface area contributed by atoms with Crippen molar-refractivity contribution >= 4 is 22.9 Å². The van der Waals surface area contributed by atoms with Crippen LogP contribution in [0.15, 0.2) is 52.4 Å². The number of nitrogens with one attached hydrogen (secondary N) is 1. The lowest BCUT2D eigenvalue weighted by Crippen LogP contribution is -2.29. The molecule has 0 unspecified atom stereocenters. The van der Waals surface area contributed by atoms with E-state index in [0.29, 0.717) is 35.1 Å². The van der Waals surface area contributed by atoms with Gasteiger partial charge in [-0.25, -0.2) is 10.1 Å². The first-order valence-corrected chi connectivity index (χ1v) is 8.75.